The number of fused-ring (bicyclic) bond motifs is 1. The van der Waals surface area contributed by atoms with Crippen molar-refractivity contribution in [3.8, 4) is 22.7 Å². The largest absolute Gasteiger partial charge is 0.481 e. The lowest BCUT2D eigenvalue weighted by molar-refractivity contribution is -0.137. The van der Waals surface area contributed by atoms with Gasteiger partial charge in [-0.05, 0) is 25.1 Å². The van der Waals surface area contributed by atoms with Crippen LogP contribution < -0.4 is 5.56 Å². The maximum absolute atomic E-state index is 13.3. The van der Waals surface area contributed by atoms with Crippen LogP contribution >= 0.6 is 11.3 Å². The molecule has 0 amide bonds. The summed E-state index contributed by atoms with van der Waals surface area (Å²) in [5, 5.41) is 11.4. The number of aromatic nitrogens is 2. The molecule has 1 aromatic carbocycles. The van der Waals surface area contributed by atoms with Gasteiger partial charge in [0.15, 0.2) is 0 Å². The number of carboxylic acid groups (broad SMARTS) is 1. The molecule has 0 radical (unpaired) electrons. The lowest BCUT2D eigenvalue weighted by atomic mass is 10.1. The van der Waals surface area contributed by atoms with Gasteiger partial charge < -0.3 is 9.52 Å². The lowest BCUT2D eigenvalue weighted by Crippen LogP contribution is -2.24. The number of benzene rings is 1. The van der Waals surface area contributed by atoms with Gasteiger partial charge in [0.1, 0.15) is 16.4 Å². The average Bonchev–Trinajstić information content (AvgIpc) is 3.30. The van der Waals surface area contributed by atoms with E-state index >= 15 is 0 Å². The van der Waals surface area contributed by atoms with Gasteiger partial charge >= 0.3 is 5.97 Å². The minimum absolute atomic E-state index is 0.0494. The topological polar surface area (TPSA) is 85.3 Å². The molecule has 27 heavy (non-hydrogen) atoms. The highest BCUT2D eigenvalue weighted by molar-refractivity contribution is 7.17. The Balaban J connectivity index is 1.98. The molecule has 3 heterocycles. The van der Waals surface area contributed by atoms with Crippen molar-refractivity contribution < 1.29 is 14.3 Å². The standard InChI is InChI=1S/C20H16N2O4S/c1-12-4-2-5-13(10-12)18-21-19-17(20(25)22(18)8-7-16(23)24)14(11-27-19)15-6-3-9-26-15/h2-6,9-11H,7-8H2,1H3,(H,23,24). The number of carboxylic acids is 1. The summed E-state index contributed by atoms with van der Waals surface area (Å²) in [5.41, 5.74) is 2.24. The molecule has 0 aliphatic rings. The van der Waals surface area contributed by atoms with E-state index in [9.17, 15) is 9.59 Å². The molecule has 0 bridgehead atoms. The third-order valence-electron chi connectivity index (χ3n) is 4.31. The molecular formula is C20H16N2O4S. The van der Waals surface area contributed by atoms with Crippen LogP contribution in [-0.4, -0.2) is 20.6 Å². The summed E-state index contributed by atoms with van der Waals surface area (Å²) < 4.78 is 6.90. The zero-order valence-electron chi connectivity index (χ0n) is 14.5. The van der Waals surface area contributed by atoms with Crippen LogP contribution in [0.3, 0.4) is 0 Å². The van der Waals surface area contributed by atoms with Gasteiger partial charge in [0.25, 0.3) is 5.56 Å². The van der Waals surface area contributed by atoms with Gasteiger partial charge in [-0.3, -0.25) is 14.2 Å². The smallest absolute Gasteiger partial charge is 0.305 e. The fourth-order valence-electron chi connectivity index (χ4n) is 3.06. The molecule has 0 atom stereocenters. The molecule has 136 valence electrons. The summed E-state index contributed by atoms with van der Waals surface area (Å²) in [7, 11) is 0. The number of hydrogen-bond donors (Lipinski definition) is 1. The van der Waals surface area contributed by atoms with E-state index in [0.717, 1.165) is 11.1 Å². The van der Waals surface area contributed by atoms with E-state index in [-0.39, 0.29) is 18.5 Å². The molecule has 0 fully saturated rings. The quantitative estimate of drug-likeness (QED) is 0.562. The Labute approximate surface area is 158 Å². The summed E-state index contributed by atoms with van der Waals surface area (Å²) in [5.74, 6) is 0.104. The van der Waals surface area contributed by atoms with Gasteiger partial charge in [-0.1, -0.05) is 23.8 Å². The van der Waals surface area contributed by atoms with Crippen LogP contribution in [-0.2, 0) is 11.3 Å². The number of hydrogen-bond acceptors (Lipinski definition) is 5. The molecule has 7 heteroatoms. The van der Waals surface area contributed by atoms with E-state index in [2.05, 4.69) is 0 Å². The van der Waals surface area contributed by atoms with Crippen molar-refractivity contribution in [1.29, 1.82) is 0 Å². The van der Waals surface area contributed by atoms with Crippen LogP contribution in [0.4, 0.5) is 0 Å². The molecule has 4 aromatic rings. The average molecular weight is 380 g/mol. The van der Waals surface area contributed by atoms with Crippen molar-refractivity contribution in [2.75, 3.05) is 0 Å². The SMILES string of the molecule is Cc1cccc(-c2nc3scc(-c4ccco4)c3c(=O)n2CCC(=O)O)c1. The number of thiophene rings is 1. The molecule has 3 aromatic heterocycles. The number of carbonyl (C=O) groups is 1. The molecule has 4 rings (SSSR count). The van der Waals surface area contributed by atoms with Crippen molar-refractivity contribution in [1.82, 2.24) is 9.55 Å². The van der Waals surface area contributed by atoms with Gasteiger partial charge in [0.05, 0.1) is 18.1 Å². The van der Waals surface area contributed by atoms with Gasteiger partial charge in [-0.2, -0.15) is 0 Å². The number of aryl methyl sites for hydroxylation is 1. The van der Waals surface area contributed by atoms with Crippen LogP contribution in [0.1, 0.15) is 12.0 Å². The first-order chi connectivity index (χ1) is 13.0. The number of rotatable bonds is 5. The van der Waals surface area contributed by atoms with Gasteiger partial charge in [0, 0.05) is 23.1 Å². The minimum atomic E-state index is -0.964. The predicted octanol–water partition coefficient (Wildman–Crippen LogP) is 4.17. The second-order valence-corrected chi connectivity index (χ2v) is 7.07. The fourth-order valence-corrected chi connectivity index (χ4v) is 3.97. The van der Waals surface area contributed by atoms with E-state index in [4.69, 9.17) is 14.5 Å². The van der Waals surface area contributed by atoms with E-state index in [0.29, 0.717) is 27.4 Å². The second kappa shape index (κ2) is 6.85. The first-order valence-electron chi connectivity index (χ1n) is 8.39. The van der Waals surface area contributed by atoms with E-state index in [1.807, 2.05) is 36.6 Å². The normalized spacial score (nSPS) is 11.1. The molecule has 0 saturated heterocycles. The predicted molar refractivity (Wildman–Crippen MR) is 104 cm³/mol. The molecular weight excluding hydrogens is 364 g/mol. The molecule has 0 aliphatic heterocycles. The van der Waals surface area contributed by atoms with Crippen LogP contribution in [0.15, 0.2) is 57.3 Å². The molecule has 6 nitrogen and oxygen atoms in total. The van der Waals surface area contributed by atoms with Gasteiger partial charge in [0.2, 0.25) is 0 Å². The Morgan fingerprint density at radius 1 is 1.30 bits per heavy atom. The van der Waals surface area contributed by atoms with Crippen molar-refractivity contribution in [3.63, 3.8) is 0 Å². The molecule has 0 saturated carbocycles. The molecule has 0 unspecified atom stereocenters. The Bertz CT molecular complexity index is 1190. The number of nitrogens with zero attached hydrogens (tertiary/aromatic N) is 2. The summed E-state index contributed by atoms with van der Waals surface area (Å²) >= 11 is 1.37. The highest BCUT2D eigenvalue weighted by atomic mass is 32.1. The van der Waals surface area contributed by atoms with Crippen LogP contribution in [0.25, 0.3) is 32.9 Å². The molecule has 0 spiro atoms. The molecule has 1 N–H and O–H groups in total. The molecule has 0 aliphatic carbocycles. The Hall–Kier alpha value is -3.19. The van der Waals surface area contributed by atoms with Crippen molar-refractivity contribution in [2.45, 2.75) is 19.9 Å². The summed E-state index contributed by atoms with van der Waals surface area (Å²) in [6, 6.07) is 11.2. The Morgan fingerprint density at radius 2 is 2.15 bits per heavy atom. The third-order valence-corrected chi connectivity index (χ3v) is 5.18. The summed E-state index contributed by atoms with van der Waals surface area (Å²) in [6.07, 6.45) is 1.39. The maximum atomic E-state index is 13.3. The van der Waals surface area contributed by atoms with E-state index < -0.39 is 5.97 Å². The zero-order chi connectivity index (χ0) is 19.0. The Kier molecular flexibility index (Phi) is 4.37. The minimum Gasteiger partial charge on any atom is -0.481 e. The van der Waals surface area contributed by atoms with Crippen molar-refractivity contribution in [3.05, 3.63) is 64.0 Å². The van der Waals surface area contributed by atoms with Crippen LogP contribution in [0, 0.1) is 6.92 Å². The van der Waals surface area contributed by atoms with Crippen LogP contribution in [0.2, 0.25) is 0 Å². The summed E-state index contributed by atoms with van der Waals surface area (Å²) in [4.78, 5) is 29.7. The van der Waals surface area contributed by atoms with E-state index in [1.54, 1.807) is 18.4 Å². The fraction of sp³-hybridized carbons (Fsp3) is 0.150. The number of furan rings is 1. The first-order valence-corrected chi connectivity index (χ1v) is 9.27. The van der Waals surface area contributed by atoms with Gasteiger partial charge in [-0.25, -0.2) is 4.98 Å². The highest BCUT2D eigenvalue weighted by Gasteiger charge is 2.19. The lowest BCUT2D eigenvalue weighted by Gasteiger charge is -2.12. The summed E-state index contributed by atoms with van der Waals surface area (Å²) in [6.45, 7) is 2.01. The van der Waals surface area contributed by atoms with Crippen molar-refractivity contribution in [2.24, 2.45) is 0 Å². The van der Waals surface area contributed by atoms with E-state index in [1.165, 1.54) is 15.9 Å². The first kappa shape index (κ1) is 17.2. The zero-order valence-corrected chi connectivity index (χ0v) is 15.3. The Morgan fingerprint density at radius 3 is 2.85 bits per heavy atom. The maximum Gasteiger partial charge on any atom is 0.305 e. The third kappa shape index (κ3) is 3.17. The highest BCUT2D eigenvalue weighted by Crippen LogP contribution is 2.32. The van der Waals surface area contributed by atoms with Gasteiger partial charge in [-0.15, -0.1) is 11.3 Å². The second-order valence-electron chi connectivity index (χ2n) is 6.21. The van der Waals surface area contributed by atoms with Crippen LogP contribution in [0.5, 0.6) is 0 Å². The number of aliphatic carboxylic acids is 1. The van der Waals surface area contributed by atoms with Crippen molar-refractivity contribution >= 4 is 27.5 Å². The monoisotopic (exact) mass is 380 g/mol.